The molecule has 0 saturated heterocycles. The molecule has 1 atom stereocenters. The van der Waals surface area contributed by atoms with E-state index >= 15 is 0 Å². The van der Waals surface area contributed by atoms with Crippen LogP contribution in [0.3, 0.4) is 0 Å². The summed E-state index contributed by atoms with van der Waals surface area (Å²) in [5, 5.41) is 2.03. The number of aromatic nitrogens is 2. The van der Waals surface area contributed by atoms with E-state index in [2.05, 4.69) is 35.5 Å². The van der Waals surface area contributed by atoms with Gasteiger partial charge in [0.25, 0.3) is 0 Å². The topological polar surface area (TPSA) is 53.4 Å². The number of rotatable bonds is 7. The number of methoxy groups -OCH3 is 1. The maximum atomic E-state index is 12.5. The Morgan fingerprint density at radius 1 is 1.23 bits per heavy atom. The van der Waals surface area contributed by atoms with Crippen LogP contribution in [0.4, 0.5) is 0 Å². The van der Waals surface area contributed by atoms with E-state index in [1.54, 1.807) is 24.5 Å². The van der Waals surface area contributed by atoms with E-state index in [9.17, 15) is 4.79 Å². The molecule has 1 aliphatic rings. The number of nitrogens with zero attached hydrogens (tertiary/aromatic N) is 2. The summed E-state index contributed by atoms with van der Waals surface area (Å²) in [6.07, 6.45) is 3.76. The molecule has 0 saturated carbocycles. The van der Waals surface area contributed by atoms with Gasteiger partial charge in [0.15, 0.2) is 5.43 Å². The molecule has 0 fully saturated rings. The van der Waals surface area contributed by atoms with E-state index in [4.69, 9.17) is 9.47 Å². The number of hydrogen-bond acceptors (Lipinski definition) is 5. The lowest BCUT2D eigenvalue weighted by Gasteiger charge is -2.34. The van der Waals surface area contributed by atoms with Gasteiger partial charge in [-0.05, 0) is 37.0 Å². The van der Waals surface area contributed by atoms with Crippen LogP contribution >= 0.6 is 11.3 Å². The maximum Gasteiger partial charge on any atom is 0.185 e. The van der Waals surface area contributed by atoms with Crippen molar-refractivity contribution >= 4 is 11.3 Å². The third-order valence-electron chi connectivity index (χ3n) is 5.76. The Balaban J connectivity index is 1.85. The van der Waals surface area contributed by atoms with Gasteiger partial charge >= 0.3 is 0 Å². The van der Waals surface area contributed by atoms with Crippen molar-refractivity contribution in [3.63, 3.8) is 0 Å². The van der Waals surface area contributed by atoms with Crippen molar-refractivity contribution in [2.75, 3.05) is 20.3 Å². The molecule has 0 N–H and O–H groups in total. The van der Waals surface area contributed by atoms with Crippen molar-refractivity contribution in [1.29, 1.82) is 0 Å². The van der Waals surface area contributed by atoms with Gasteiger partial charge < -0.3 is 14.0 Å². The molecule has 30 heavy (non-hydrogen) atoms. The quantitative estimate of drug-likeness (QED) is 0.494. The highest BCUT2D eigenvalue weighted by Crippen LogP contribution is 2.43. The summed E-state index contributed by atoms with van der Waals surface area (Å²) in [4.78, 5) is 17.0. The maximum absolute atomic E-state index is 12.5. The van der Waals surface area contributed by atoms with E-state index < -0.39 is 0 Å². The van der Waals surface area contributed by atoms with Crippen LogP contribution in [-0.2, 0) is 11.2 Å². The van der Waals surface area contributed by atoms with Crippen LogP contribution in [0.2, 0.25) is 0 Å². The van der Waals surface area contributed by atoms with Crippen LogP contribution in [0.15, 0.2) is 40.1 Å². The molecule has 1 unspecified atom stereocenters. The Morgan fingerprint density at radius 3 is 2.77 bits per heavy atom. The lowest BCUT2D eigenvalue weighted by atomic mass is 9.86. The van der Waals surface area contributed by atoms with Gasteiger partial charge in [0.2, 0.25) is 0 Å². The number of pyridine rings is 1. The van der Waals surface area contributed by atoms with Crippen LogP contribution in [0, 0.1) is 12.8 Å². The van der Waals surface area contributed by atoms with Gasteiger partial charge in [-0.3, -0.25) is 4.79 Å². The van der Waals surface area contributed by atoms with Gasteiger partial charge in [-0.25, -0.2) is 4.98 Å². The Kier molecular flexibility index (Phi) is 6.06. The highest BCUT2D eigenvalue weighted by atomic mass is 32.1. The lowest BCUT2D eigenvalue weighted by Crippen LogP contribution is -2.26. The monoisotopic (exact) mass is 424 g/mol. The van der Waals surface area contributed by atoms with Crippen LogP contribution in [-0.4, -0.2) is 29.9 Å². The average molecular weight is 425 g/mol. The summed E-state index contributed by atoms with van der Waals surface area (Å²) < 4.78 is 13.6. The SMILES string of the molecule is COCCCOc1cc2c(cc1-c1cscn1)-c1cc(=O)c(C)cn1C(C(C)C)C2. The Bertz CT molecular complexity index is 1090. The molecule has 3 heterocycles. The number of ether oxygens (including phenoxy) is 2. The van der Waals surface area contributed by atoms with Crippen molar-refractivity contribution in [2.45, 2.75) is 39.7 Å². The van der Waals surface area contributed by atoms with Gasteiger partial charge in [-0.15, -0.1) is 11.3 Å². The molecule has 1 aliphatic heterocycles. The zero-order chi connectivity index (χ0) is 21.3. The third-order valence-corrected chi connectivity index (χ3v) is 6.35. The van der Waals surface area contributed by atoms with Gasteiger partial charge in [0, 0.05) is 60.5 Å². The van der Waals surface area contributed by atoms with Crippen molar-refractivity contribution in [3.05, 3.63) is 56.6 Å². The number of benzene rings is 1. The Morgan fingerprint density at radius 2 is 2.07 bits per heavy atom. The molecule has 6 heteroatoms. The predicted octanol–water partition coefficient (Wildman–Crippen LogP) is 5.12. The van der Waals surface area contributed by atoms with Crippen molar-refractivity contribution in [2.24, 2.45) is 5.92 Å². The zero-order valence-corrected chi connectivity index (χ0v) is 18.8. The smallest absolute Gasteiger partial charge is 0.185 e. The molecule has 0 radical (unpaired) electrons. The van der Waals surface area contributed by atoms with E-state index in [1.807, 2.05) is 24.0 Å². The minimum absolute atomic E-state index is 0.0757. The summed E-state index contributed by atoms with van der Waals surface area (Å²) in [5.41, 5.74) is 7.85. The molecule has 0 spiro atoms. The van der Waals surface area contributed by atoms with Gasteiger partial charge in [-0.2, -0.15) is 0 Å². The fraction of sp³-hybridized carbons (Fsp3) is 0.417. The highest BCUT2D eigenvalue weighted by molar-refractivity contribution is 7.07. The molecule has 0 amide bonds. The molecular weight excluding hydrogens is 396 g/mol. The van der Waals surface area contributed by atoms with Crippen molar-refractivity contribution < 1.29 is 9.47 Å². The van der Waals surface area contributed by atoms with Crippen LogP contribution < -0.4 is 10.2 Å². The second-order valence-electron chi connectivity index (χ2n) is 8.20. The van der Waals surface area contributed by atoms with E-state index in [0.29, 0.717) is 25.2 Å². The molecule has 5 nitrogen and oxygen atoms in total. The first kappa shape index (κ1) is 20.8. The van der Waals surface area contributed by atoms with Crippen LogP contribution in [0.5, 0.6) is 5.75 Å². The number of fused-ring (bicyclic) bond motifs is 3. The summed E-state index contributed by atoms with van der Waals surface area (Å²) in [7, 11) is 1.70. The largest absolute Gasteiger partial charge is 0.493 e. The second-order valence-corrected chi connectivity index (χ2v) is 8.92. The predicted molar refractivity (Wildman–Crippen MR) is 122 cm³/mol. The molecular formula is C24H28N2O3S. The lowest BCUT2D eigenvalue weighted by molar-refractivity contribution is 0.172. The van der Waals surface area contributed by atoms with Gasteiger partial charge in [0.05, 0.1) is 23.5 Å². The molecule has 3 aromatic rings. The van der Waals surface area contributed by atoms with E-state index in [1.165, 1.54) is 5.56 Å². The zero-order valence-electron chi connectivity index (χ0n) is 18.0. The van der Waals surface area contributed by atoms with Gasteiger partial charge in [-0.1, -0.05) is 13.8 Å². The normalized spacial score (nSPS) is 15.2. The first-order chi connectivity index (χ1) is 14.5. The Labute approximate surface area is 181 Å². The number of thiazole rings is 1. The van der Waals surface area contributed by atoms with Crippen LogP contribution in [0.25, 0.3) is 22.5 Å². The molecule has 4 rings (SSSR count). The standard InChI is InChI=1S/C24H28N2O3S/c1-15(2)21-8-17-9-24(29-7-5-6-28-4)19(20-13-30-14-25-20)10-18(17)22-11-23(27)16(3)12-26(21)22/h9-15,21H,5-8H2,1-4H3. The number of hydrogen-bond donors (Lipinski definition) is 0. The summed E-state index contributed by atoms with van der Waals surface area (Å²) >= 11 is 1.56. The summed E-state index contributed by atoms with van der Waals surface area (Å²) in [6.45, 7) is 7.62. The molecule has 1 aromatic carbocycles. The molecule has 2 aromatic heterocycles. The third kappa shape index (κ3) is 3.94. The summed E-state index contributed by atoms with van der Waals surface area (Å²) in [5.74, 6) is 1.30. The molecule has 158 valence electrons. The molecule has 0 aliphatic carbocycles. The van der Waals surface area contributed by atoms with Crippen molar-refractivity contribution in [3.8, 4) is 28.3 Å². The van der Waals surface area contributed by atoms with E-state index in [-0.39, 0.29) is 5.43 Å². The van der Waals surface area contributed by atoms with Gasteiger partial charge in [0.1, 0.15) is 5.75 Å². The van der Waals surface area contributed by atoms with Crippen LogP contribution in [0.1, 0.15) is 37.4 Å². The summed E-state index contributed by atoms with van der Waals surface area (Å²) in [6, 6.07) is 6.39. The Hall–Kier alpha value is -2.44. The minimum atomic E-state index is 0.0757. The fourth-order valence-corrected chi connectivity index (χ4v) is 4.66. The first-order valence-electron chi connectivity index (χ1n) is 10.4. The number of aryl methyl sites for hydroxylation is 1. The minimum Gasteiger partial charge on any atom is -0.493 e. The first-order valence-corrected chi connectivity index (χ1v) is 11.3. The fourth-order valence-electron chi connectivity index (χ4n) is 4.11. The molecule has 0 bridgehead atoms. The highest BCUT2D eigenvalue weighted by Gasteiger charge is 2.28. The second kappa shape index (κ2) is 8.74. The van der Waals surface area contributed by atoms with Crippen molar-refractivity contribution in [1.82, 2.24) is 9.55 Å². The average Bonchev–Trinajstić information content (AvgIpc) is 3.25. The van der Waals surface area contributed by atoms with E-state index in [0.717, 1.165) is 46.7 Å².